The topological polar surface area (TPSA) is 60.0 Å². The molecule has 6 heteroatoms. The molecule has 3 heterocycles. The highest BCUT2D eigenvalue weighted by Gasteiger charge is 2.22. The summed E-state index contributed by atoms with van der Waals surface area (Å²) in [4.78, 5) is 6.64. The number of fused-ring (bicyclic) bond motifs is 1. The summed E-state index contributed by atoms with van der Waals surface area (Å²) in [6.07, 6.45) is 4.10. The molecule has 0 aliphatic carbocycles. The normalized spacial score (nSPS) is 14.1. The van der Waals surface area contributed by atoms with Crippen molar-refractivity contribution >= 4 is 11.6 Å². The van der Waals surface area contributed by atoms with Gasteiger partial charge >= 0.3 is 0 Å². The minimum Gasteiger partial charge on any atom is -0.330 e. The van der Waals surface area contributed by atoms with Gasteiger partial charge in [-0.2, -0.15) is 10.1 Å². The van der Waals surface area contributed by atoms with E-state index in [0.717, 1.165) is 25.9 Å². The van der Waals surface area contributed by atoms with E-state index in [1.807, 2.05) is 29.9 Å². The van der Waals surface area contributed by atoms with Crippen LogP contribution in [0.15, 0.2) is 41.1 Å². The van der Waals surface area contributed by atoms with E-state index in [0.29, 0.717) is 17.5 Å². The van der Waals surface area contributed by atoms with Gasteiger partial charge in [0.25, 0.3) is 11.8 Å². The number of aromatic nitrogens is 4. The Morgan fingerprint density at radius 3 is 3.00 bits per heavy atom. The Labute approximate surface area is 128 Å². The Hall–Kier alpha value is -2.63. The van der Waals surface area contributed by atoms with Crippen molar-refractivity contribution in [2.45, 2.75) is 26.3 Å². The molecule has 0 saturated carbocycles. The number of aryl methyl sites for hydroxylation is 2. The first-order valence-electron chi connectivity index (χ1n) is 7.58. The molecule has 0 radical (unpaired) electrons. The van der Waals surface area contributed by atoms with Gasteiger partial charge in [0, 0.05) is 25.0 Å². The van der Waals surface area contributed by atoms with Crippen LogP contribution in [0.25, 0.3) is 11.6 Å². The van der Waals surface area contributed by atoms with E-state index >= 15 is 0 Å². The van der Waals surface area contributed by atoms with Gasteiger partial charge in [-0.3, -0.25) is 4.68 Å². The Bertz CT molecular complexity index is 791. The molecule has 0 bridgehead atoms. The average molecular weight is 295 g/mol. The summed E-state index contributed by atoms with van der Waals surface area (Å²) in [6.45, 7) is 3.76. The maximum absolute atomic E-state index is 5.40. The SMILES string of the molecule is CCn1ccc(-c2nc(N3CCCc4ccccc43)no2)n1. The highest BCUT2D eigenvalue weighted by atomic mass is 16.5. The summed E-state index contributed by atoms with van der Waals surface area (Å²) >= 11 is 0. The van der Waals surface area contributed by atoms with Gasteiger partial charge in [0.1, 0.15) is 0 Å². The summed E-state index contributed by atoms with van der Waals surface area (Å²) in [7, 11) is 0. The van der Waals surface area contributed by atoms with Crippen molar-refractivity contribution in [2.24, 2.45) is 0 Å². The molecule has 0 atom stereocenters. The molecule has 0 unspecified atom stereocenters. The predicted molar refractivity (Wildman–Crippen MR) is 83.0 cm³/mol. The minimum atomic E-state index is 0.463. The lowest BCUT2D eigenvalue weighted by atomic mass is 10.0. The zero-order valence-corrected chi connectivity index (χ0v) is 12.4. The van der Waals surface area contributed by atoms with Crippen LogP contribution < -0.4 is 4.90 Å². The second kappa shape index (κ2) is 5.29. The molecule has 112 valence electrons. The smallest absolute Gasteiger partial charge is 0.280 e. The molecule has 3 aromatic rings. The van der Waals surface area contributed by atoms with Gasteiger partial charge in [-0.15, -0.1) is 0 Å². The molecule has 1 aromatic carbocycles. The lowest BCUT2D eigenvalue weighted by molar-refractivity contribution is 0.428. The second-order valence-electron chi connectivity index (χ2n) is 5.34. The van der Waals surface area contributed by atoms with E-state index < -0.39 is 0 Å². The van der Waals surface area contributed by atoms with Crippen molar-refractivity contribution in [3.8, 4) is 11.6 Å². The van der Waals surface area contributed by atoms with E-state index in [2.05, 4.69) is 38.3 Å². The number of nitrogens with zero attached hydrogens (tertiary/aromatic N) is 5. The summed E-state index contributed by atoms with van der Waals surface area (Å²) in [6, 6.07) is 10.3. The molecular weight excluding hydrogens is 278 g/mol. The highest BCUT2D eigenvalue weighted by Crippen LogP contribution is 2.32. The number of benzene rings is 1. The van der Waals surface area contributed by atoms with E-state index in [1.165, 1.54) is 11.3 Å². The molecule has 4 rings (SSSR count). The molecule has 1 aliphatic heterocycles. The van der Waals surface area contributed by atoms with Crippen molar-refractivity contribution in [3.05, 3.63) is 42.1 Å². The lowest BCUT2D eigenvalue weighted by Crippen LogP contribution is -2.25. The maximum atomic E-state index is 5.40. The third kappa shape index (κ3) is 2.16. The molecule has 0 N–H and O–H groups in total. The second-order valence-corrected chi connectivity index (χ2v) is 5.34. The Balaban J connectivity index is 1.67. The van der Waals surface area contributed by atoms with Crippen LogP contribution in [0.2, 0.25) is 0 Å². The lowest BCUT2D eigenvalue weighted by Gasteiger charge is -2.27. The highest BCUT2D eigenvalue weighted by molar-refractivity contribution is 5.64. The largest absolute Gasteiger partial charge is 0.330 e. The summed E-state index contributed by atoms with van der Waals surface area (Å²) in [5.74, 6) is 1.07. The molecule has 1 aliphatic rings. The van der Waals surface area contributed by atoms with E-state index in [1.54, 1.807) is 0 Å². The molecular formula is C16H17N5O. The fourth-order valence-electron chi connectivity index (χ4n) is 2.82. The van der Waals surface area contributed by atoms with E-state index in [9.17, 15) is 0 Å². The van der Waals surface area contributed by atoms with Crippen LogP contribution in [0.1, 0.15) is 18.9 Å². The van der Waals surface area contributed by atoms with Gasteiger partial charge in [-0.1, -0.05) is 18.2 Å². The standard InChI is InChI=1S/C16H17N5O/c1-2-20-11-9-13(18-20)15-17-16(19-22-15)21-10-5-7-12-6-3-4-8-14(12)21/h3-4,6,8-9,11H,2,5,7,10H2,1H3. The fraction of sp³-hybridized carbons (Fsp3) is 0.312. The van der Waals surface area contributed by atoms with Crippen molar-refractivity contribution in [1.82, 2.24) is 19.9 Å². The maximum Gasteiger partial charge on any atom is 0.280 e. The first-order chi connectivity index (χ1) is 10.8. The number of anilines is 2. The first-order valence-corrected chi connectivity index (χ1v) is 7.58. The van der Waals surface area contributed by atoms with Crippen LogP contribution in [-0.4, -0.2) is 26.5 Å². The first kappa shape index (κ1) is 13.1. The van der Waals surface area contributed by atoms with Crippen molar-refractivity contribution in [1.29, 1.82) is 0 Å². The number of para-hydroxylation sites is 1. The van der Waals surface area contributed by atoms with Gasteiger partial charge in [0.05, 0.1) is 0 Å². The quantitative estimate of drug-likeness (QED) is 0.743. The summed E-state index contributed by atoms with van der Waals surface area (Å²) < 4.78 is 7.24. The molecule has 6 nitrogen and oxygen atoms in total. The Kier molecular flexibility index (Phi) is 3.14. The minimum absolute atomic E-state index is 0.463. The van der Waals surface area contributed by atoms with Crippen molar-refractivity contribution in [2.75, 3.05) is 11.4 Å². The van der Waals surface area contributed by atoms with Gasteiger partial charge in [0.2, 0.25) is 0 Å². The Morgan fingerprint density at radius 2 is 2.14 bits per heavy atom. The van der Waals surface area contributed by atoms with Crippen LogP contribution in [0.3, 0.4) is 0 Å². The Morgan fingerprint density at radius 1 is 1.23 bits per heavy atom. The average Bonchev–Trinajstić information content (AvgIpc) is 3.23. The third-order valence-corrected chi connectivity index (χ3v) is 3.95. The van der Waals surface area contributed by atoms with Gasteiger partial charge in [-0.05, 0) is 42.6 Å². The molecule has 22 heavy (non-hydrogen) atoms. The van der Waals surface area contributed by atoms with Crippen LogP contribution >= 0.6 is 0 Å². The molecule has 2 aromatic heterocycles. The number of hydrogen-bond acceptors (Lipinski definition) is 5. The van der Waals surface area contributed by atoms with Crippen molar-refractivity contribution in [3.63, 3.8) is 0 Å². The van der Waals surface area contributed by atoms with E-state index in [-0.39, 0.29) is 0 Å². The van der Waals surface area contributed by atoms with Crippen LogP contribution in [0.4, 0.5) is 11.6 Å². The van der Waals surface area contributed by atoms with Gasteiger partial charge in [0.15, 0.2) is 5.69 Å². The summed E-state index contributed by atoms with van der Waals surface area (Å²) in [5.41, 5.74) is 3.21. The predicted octanol–water partition coefficient (Wildman–Crippen LogP) is 3.04. The molecule has 0 amide bonds. The van der Waals surface area contributed by atoms with Crippen LogP contribution in [0.5, 0.6) is 0 Å². The van der Waals surface area contributed by atoms with E-state index in [4.69, 9.17) is 4.52 Å². The van der Waals surface area contributed by atoms with Gasteiger partial charge in [-0.25, -0.2) is 0 Å². The number of hydrogen-bond donors (Lipinski definition) is 0. The summed E-state index contributed by atoms with van der Waals surface area (Å²) in [5, 5.41) is 8.54. The number of rotatable bonds is 3. The molecule has 0 fully saturated rings. The molecule has 0 saturated heterocycles. The zero-order chi connectivity index (χ0) is 14.9. The van der Waals surface area contributed by atoms with Crippen LogP contribution in [0, 0.1) is 0 Å². The molecule has 0 spiro atoms. The monoisotopic (exact) mass is 295 g/mol. The zero-order valence-electron chi connectivity index (χ0n) is 12.4. The fourth-order valence-corrected chi connectivity index (χ4v) is 2.82. The van der Waals surface area contributed by atoms with Gasteiger partial charge < -0.3 is 9.42 Å². The van der Waals surface area contributed by atoms with Crippen molar-refractivity contribution < 1.29 is 4.52 Å². The third-order valence-electron chi connectivity index (χ3n) is 3.95. The van der Waals surface area contributed by atoms with Crippen LogP contribution in [-0.2, 0) is 13.0 Å².